The number of nitro groups is 1. The molecule has 6 aromatic rings. The molecule has 0 bridgehead atoms. The van der Waals surface area contributed by atoms with E-state index in [1.807, 2.05) is 6.07 Å². The summed E-state index contributed by atoms with van der Waals surface area (Å²) in [7, 11) is 2.94. The number of fused-ring (bicyclic) bond motifs is 5. The van der Waals surface area contributed by atoms with Crippen molar-refractivity contribution in [3.63, 3.8) is 0 Å². The van der Waals surface area contributed by atoms with Crippen LogP contribution in [0.5, 0.6) is 11.5 Å². The van der Waals surface area contributed by atoms with E-state index in [0.29, 0.717) is 44.7 Å². The number of anilines is 2. The zero-order valence-corrected chi connectivity index (χ0v) is 65.3. The monoisotopic (exact) mass is 1640 g/mol. The Kier molecular flexibility index (Phi) is 35.3. The third-order valence-electron chi connectivity index (χ3n) is 18.1. The molecule has 0 radical (unpaired) electrons. The standard InChI is InChI=1S/C45H50N6O15.C32H40N4O13.H2S/c1-5-45(61)33-17-36-38-27(19-51(36)42(58)32(33)22-64-43(45)59)14-26-15-30(10-11-34(26)49-38)66-44(60)65-20-25-6-8-28(9-7-25)48-41(57)35(18-37(46)54)50-39(55)23(2)47-40(56)31(24(3)52)16-29(53)21-63-13-12-62-4;1-19(34-31(42)27(20(2)37)16-25(38)18-47-13-12-46-3)28(39)14-22(15-29(33)40)30(41)35-23-6-4-21(5-7-23)17-48-32(43)49-26-10-8-24(9-11-26)36(44)45;/h6-11,14-15,17,23-24,31,35,52,61H,5,12-13,16,18-22H2,1-4H3,(H2,46,54)(H,47,56)(H,48,57)(H,50,55);4-11,19-20,22,27,37H,12-18H2,1-3H3,(H2,33,40)(H,34,42)(H,35,41);1H2/t23-,24?,31-,35?,45?;19-,20?,22-,27-;/m00./s1. The molecule has 624 valence electrons. The van der Waals surface area contributed by atoms with Crippen molar-refractivity contribution in [1.29, 1.82) is 0 Å². The zero-order valence-electron chi connectivity index (χ0n) is 64.3. The number of nitro benzene ring substituents is 1. The number of pyridine rings is 2. The van der Waals surface area contributed by atoms with Crippen LogP contribution in [0.2, 0.25) is 0 Å². The predicted molar refractivity (Wildman–Crippen MR) is 413 cm³/mol. The number of esters is 1. The van der Waals surface area contributed by atoms with Crippen LogP contribution in [-0.2, 0) is 118 Å². The van der Waals surface area contributed by atoms with E-state index in [9.17, 15) is 92.6 Å². The first-order valence-corrected chi connectivity index (χ1v) is 36.0. The summed E-state index contributed by atoms with van der Waals surface area (Å²) in [6.45, 7) is 6.79. The number of benzene rings is 4. The summed E-state index contributed by atoms with van der Waals surface area (Å²) < 4.78 is 47.4. The maximum Gasteiger partial charge on any atom is 0.514 e. The van der Waals surface area contributed by atoms with Gasteiger partial charge in [0, 0.05) is 79.9 Å². The van der Waals surface area contributed by atoms with Crippen molar-refractivity contribution in [3.8, 4) is 22.9 Å². The molecule has 2 aliphatic heterocycles. The number of nitrogens with one attached hydrogen (secondary N) is 5. The number of ether oxygens (including phenoxy) is 9. The molecule has 12 N–H and O–H groups in total. The second-order valence-corrected chi connectivity index (χ2v) is 26.9. The van der Waals surface area contributed by atoms with E-state index >= 15 is 0 Å². The summed E-state index contributed by atoms with van der Waals surface area (Å²) in [5.41, 5.74) is 12.3. The van der Waals surface area contributed by atoms with Gasteiger partial charge in [0.05, 0.1) is 103 Å². The number of carbonyl (C=O) groups excluding carboxylic acids is 13. The smallest absolute Gasteiger partial charge is 0.458 e. The number of ketones is 3. The summed E-state index contributed by atoms with van der Waals surface area (Å²) in [6, 6.07) is 21.3. The molecular formula is C77H92N10O28S. The van der Waals surface area contributed by atoms with E-state index in [1.54, 1.807) is 37.3 Å². The van der Waals surface area contributed by atoms with Crippen molar-refractivity contribution in [2.45, 2.75) is 135 Å². The Morgan fingerprint density at radius 1 is 0.621 bits per heavy atom. The first kappa shape index (κ1) is 92.9. The molecule has 0 aliphatic carbocycles. The largest absolute Gasteiger partial charge is 0.514 e. The highest BCUT2D eigenvalue weighted by Crippen LogP contribution is 2.39. The van der Waals surface area contributed by atoms with E-state index in [1.165, 1.54) is 113 Å². The van der Waals surface area contributed by atoms with Gasteiger partial charge in [-0.2, -0.15) is 13.5 Å². The number of nitrogens with two attached hydrogens (primary N) is 2. The number of cyclic esters (lactones) is 1. The van der Waals surface area contributed by atoms with Gasteiger partial charge in [-0.05, 0) is 112 Å². The highest BCUT2D eigenvalue weighted by molar-refractivity contribution is 7.59. The summed E-state index contributed by atoms with van der Waals surface area (Å²) >= 11 is 0. The Bertz CT molecular complexity index is 4640. The minimum Gasteiger partial charge on any atom is -0.458 e. The number of hydrogen-bond donors (Lipinski definition) is 10. The van der Waals surface area contributed by atoms with Crippen LogP contribution in [0.4, 0.5) is 26.7 Å². The first-order valence-electron chi connectivity index (χ1n) is 36.0. The van der Waals surface area contributed by atoms with Crippen molar-refractivity contribution in [2.75, 3.05) is 64.5 Å². The number of nitrogens with zero attached hydrogens (tertiary/aromatic N) is 3. The van der Waals surface area contributed by atoms with Crippen LogP contribution in [-0.4, -0.2) is 191 Å². The Balaban J connectivity index is 0.000000374. The summed E-state index contributed by atoms with van der Waals surface area (Å²) in [4.78, 5) is 192. The third kappa shape index (κ3) is 26.8. The number of non-ortho nitro benzene ring substituents is 1. The number of rotatable bonds is 41. The molecule has 2 aliphatic rings. The summed E-state index contributed by atoms with van der Waals surface area (Å²) in [5, 5.41) is 55.1. The number of amides is 7. The van der Waals surface area contributed by atoms with Gasteiger partial charge in [-0.15, -0.1) is 0 Å². The van der Waals surface area contributed by atoms with Gasteiger partial charge in [-0.3, -0.25) is 62.9 Å². The number of aliphatic hydroxyl groups excluding tert-OH is 2. The molecule has 0 saturated heterocycles. The number of primary amides is 2. The second kappa shape index (κ2) is 44.0. The Morgan fingerprint density at radius 3 is 1.63 bits per heavy atom. The Hall–Kier alpha value is -12.0. The molecule has 7 amide bonds. The van der Waals surface area contributed by atoms with Gasteiger partial charge in [-0.1, -0.05) is 31.2 Å². The lowest BCUT2D eigenvalue weighted by molar-refractivity contribution is -0.384. The molecule has 2 aromatic heterocycles. The molecule has 9 atom stereocenters. The molecule has 0 spiro atoms. The highest BCUT2D eigenvalue weighted by atomic mass is 32.1. The predicted octanol–water partition coefficient (Wildman–Crippen LogP) is 3.15. The van der Waals surface area contributed by atoms with Gasteiger partial charge in [0.25, 0.3) is 11.2 Å². The number of hydrogen-bond acceptors (Lipinski definition) is 29. The van der Waals surface area contributed by atoms with Gasteiger partial charge in [0.15, 0.2) is 23.0 Å². The van der Waals surface area contributed by atoms with Crippen molar-refractivity contribution in [2.24, 2.45) is 29.2 Å². The summed E-state index contributed by atoms with van der Waals surface area (Å²) in [5.74, 6) is -11.3. The van der Waals surface area contributed by atoms with Gasteiger partial charge >= 0.3 is 18.3 Å². The molecule has 0 fully saturated rings. The average Bonchev–Trinajstić information content (AvgIpc) is 1.51. The van der Waals surface area contributed by atoms with Crippen LogP contribution in [0.25, 0.3) is 22.3 Å². The van der Waals surface area contributed by atoms with Gasteiger partial charge in [-0.25, -0.2) is 19.4 Å². The van der Waals surface area contributed by atoms with Crippen molar-refractivity contribution >= 4 is 118 Å². The number of Topliss-reactive ketones (excluding diaryl/α,β-unsaturated/α-hetero) is 3. The molecule has 4 aromatic carbocycles. The molecule has 4 heterocycles. The lowest BCUT2D eigenvalue weighted by Crippen LogP contribution is -2.53. The fourth-order valence-corrected chi connectivity index (χ4v) is 11.7. The van der Waals surface area contributed by atoms with Crippen LogP contribution < -0.4 is 53.1 Å². The van der Waals surface area contributed by atoms with Crippen LogP contribution in [0.3, 0.4) is 0 Å². The quantitative estimate of drug-likeness (QED) is 0.00657. The van der Waals surface area contributed by atoms with Crippen molar-refractivity contribution < 1.29 is 125 Å². The Labute approximate surface area is 669 Å². The average molecular weight is 1640 g/mol. The van der Waals surface area contributed by atoms with Gasteiger partial charge in [0.1, 0.15) is 56.6 Å². The normalized spacial score (nSPS) is 15.0. The maximum atomic E-state index is 13.5. The number of methoxy groups -OCH3 is 2. The fraction of sp³-hybridized carbons (Fsp3) is 0.416. The number of carbonyl (C=O) groups is 13. The van der Waals surface area contributed by atoms with E-state index in [4.69, 9.17) is 59.1 Å². The van der Waals surface area contributed by atoms with Gasteiger partial charge in [0.2, 0.25) is 41.4 Å². The topological polar surface area (TPSA) is 556 Å². The van der Waals surface area contributed by atoms with E-state index in [-0.39, 0.29) is 138 Å². The van der Waals surface area contributed by atoms with Crippen LogP contribution in [0.1, 0.15) is 101 Å². The number of aromatic nitrogens is 2. The van der Waals surface area contributed by atoms with E-state index in [0.717, 1.165) is 0 Å². The highest BCUT2D eigenvalue weighted by Gasteiger charge is 2.46. The van der Waals surface area contributed by atoms with Crippen LogP contribution >= 0.6 is 13.5 Å². The SMILES string of the molecule is CCC1(O)C(=O)OCc2c1cc1n(c2=O)Cc2cc3cc(OC(=O)OCc4ccc(NC(=O)C(CC(N)=O)NC(=O)[C@H](C)NC(=O)[C@@H](CC(=O)COCCOC)C(C)O)cc4)ccc3nc2-1.COCCOCC(=O)C[C@H](C(=O)N[C@@H](C)C(=O)C[C@@H](CC(N)=O)C(=O)Nc1ccc(COC(=O)Oc2ccc([N+](=O)[O-])cc2)cc1)C(C)O.S. The minimum absolute atomic E-state index is 0. The minimum atomic E-state index is -1.95. The maximum absolute atomic E-state index is 13.5. The Morgan fingerprint density at radius 2 is 1.13 bits per heavy atom. The molecule has 8 rings (SSSR count). The van der Waals surface area contributed by atoms with Crippen LogP contribution in [0.15, 0.2) is 108 Å². The molecule has 38 nitrogen and oxygen atoms in total. The first-order chi connectivity index (χ1) is 54.6. The zero-order chi connectivity index (χ0) is 84.4. The lowest BCUT2D eigenvalue weighted by Gasteiger charge is -2.31. The molecule has 39 heteroatoms. The van der Waals surface area contributed by atoms with Gasteiger partial charge < -0.3 is 101 Å². The molecule has 116 heavy (non-hydrogen) atoms. The molecular weight excluding hydrogens is 1540 g/mol. The van der Waals surface area contributed by atoms with E-state index in [2.05, 4.69) is 26.6 Å². The fourth-order valence-electron chi connectivity index (χ4n) is 11.7. The van der Waals surface area contributed by atoms with E-state index < -0.39 is 155 Å². The summed E-state index contributed by atoms with van der Waals surface area (Å²) in [6.07, 6.45) is -6.70. The number of aliphatic hydroxyl groups is 3. The molecule has 4 unspecified atom stereocenters. The lowest BCUT2D eigenvalue weighted by atomic mass is 9.86. The van der Waals surface area contributed by atoms with Crippen molar-refractivity contribution in [1.82, 2.24) is 25.5 Å². The molecule has 0 saturated carbocycles. The second-order valence-electron chi connectivity index (χ2n) is 26.9. The van der Waals surface area contributed by atoms with Crippen LogP contribution in [0, 0.1) is 27.9 Å². The third-order valence-corrected chi connectivity index (χ3v) is 18.1. The van der Waals surface area contributed by atoms with Crippen molar-refractivity contribution in [3.05, 3.63) is 151 Å².